The fourth-order valence-corrected chi connectivity index (χ4v) is 3.06. The van der Waals surface area contributed by atoms with Gasteiger partial charge in [0.1, 0.15) is 5.56 Å². The summed E-state index contributed by atoms with van der Waals surface area (Å²) in [6.45, 7) is 8.65. The Morgan fingerprint density at radius 2 is 1.58 bits per heavy atom. The van der Waals surface area contributed by atoms with Crippen molar-refractivity contribution in [2.45, 2.75) is 85.6 Å². The van der Waals surface area contributed by atoms with Gasteiger partial charge in [0.2, 0.25) is 0 Å². The van der Waals surface area contributed by atoms with E-state index >= 15 is 0 Å². The lowest BCUT2D eigenvalue weighted by Crippen LogP contribution is -2.30. The number of esters is 1. The Kier molecular flexibility index (Phi) is 9.43. The molecule has 0 aliphatic carbocycles. The Morgan fingerprint density at radius 3 is 2.17 bits per heavy atom. The summed E-state index contributed by atoms with van der Waals surface area (Å²) in [6, 6.07) is 1.90. The van der Waals surface area contributed by atoms with Gasteiger partial charge in [0, 0.05) is 12.2 Å². The summed E-state index contributed by atoms with van der Waals surface area (Å²) < 4.78 is 6.74. The highest BCUT2D eigenvalue weighted by atomic mass is 16.5. The molecule has 0 spiro atoms. The van der Waals surface area contributed by atoms with Crippen LogP contribution in [0.5, 0.6) is 0 Å². The molecule has 0 aliphatic rings. The molecule has 1 aromatic heterocycles. The topological polar surface area (TPSA) is 48.3 Å². The van der Waals surface area contributed by atoms with Crippen LogP contribution in [-0.4, -0.2) is 17.1 Å². The zero-order valence-electron chi connectivity index (χ0n) is 15.8. The SMILES string of the molecule is CCCCCCCCCCn1c(C)cc(C)c(C(=O)OCC)c1=O. The van der Waals surface area contributed by atoms with Gasteiger partial charge in [-0.25, -0.2) is 4.79 Å². The van der Waals surface area contributed by atoms with Gasteiger partial charge in [-0.2, -0.15) is 0 Å². The first kappa shape index (κ1) is 20.5. The molecular formula is C20H33NO3. The van der Waals surface area contributed by atoms with Gasteiger partial charge >= 0.3 is 5.97 Å². The van der Waals surface area contributed by atoms with Gasteiger partial charge in [0.25, 0.3) is 5.56 Å². The van der Waals surface area contributed by atoms with Crippen molar-refractivity contribution < 1.29 is 9.53 Å². The third-order valence-electron chi connectivity index (χ3n) is 4.42. The van der Waals surface area contributed by atoms with Crippen molar-refractivity contribution in [3.8, 4) is 0 Å². The summed E-state index contributed by atoms with van der Waals surface area (Å²) in [6.07, 6.45) is 9.83. The molecule has 0 saturated carbocycles. The predicted molar refractivity (Wildman–Crippen MR) is 98.7 cm³/mol. The number of carbonyl (C=O) groups is 1. The van der Waals surface area contributed by atoms with Crippen LogP contribution in [0.4, 0.5) is 0 Å². The van der Waals surface area contributed by atoms with Crippen LogP contribution in [0, 0.1) is 13.8 Å². The molecule has 0 amide bonds. The summed E-state index contributed by atoms with van der Waals surface area (Å²) in [5.41, 5.74) is 1.58. The van der Waals surface area contributed by atoms with Crippen LogP contribution in [0.15, 0.2) is 10.9 Å². The van der Waals surface area contributed by atoms with E-state index in [0.717, 1.165) is 18.5 Å². The minimum atomic E-state index is -0.510. The predicted octanol–water partition coefficient (Wildman–Crippen LogP) is 4.78. The minimum absolute atomic E-state index is 0.182. The van der Waals surface area contributed by atoms with Crippen LogP contribution in [0.25, 0.3) is 0 Å². The van der Waals surface area contributed by atoms with Gasteiger partial charge in [0.05, 0.1) is 6.61 Å². The van der Waals surface area contributed by atoms with E-state index in [1.165, 1.54) is 38.5 Å². The first-order valence-electron chi connectivity index (χ1n) is 9.41. The van der Waals surface area contributed by atoms with Crippen molar-refractivity contribution in [3.63, 3.8) is 0 Å². The Morgan fingerprint density at radius 1 is 1.00 bits per heavy atom. The molecular weight excluding hydrogens is 302 g/mol. The fourth-order valence-electron chi connectivity index (χ4n) is 3.06. The highest BCUT2D eigenvalue weighted by Crippen LogP contribution is 2.11. The quantitative estimate of drug-likeness (QED) is 0.432. The van der Waals surface area contributed by atoms with Crippen LogP contribution < -0.4 is 5.56 Å². The minimum Gasteiger partial charge on any atom is -0.462 e. The summed E-state index contributed by atoms with van der Waals surface area (Å²) in [4.78, 5) is 24.6. The molecule has 1 heterocycles. The van der Waals surface area contributed by atoms with E-state index in [1.54, 1.807) is 18.4 Å². The summed E-state index contributed by atoms with van der Waals surface area (Å²) in [7, 11) is 0. The van der Waals surface area contributed by atoms with Gasteiger partial charge in [-0.3, -0.25) is 4.79 Å². The van der Waals surface area contributed by atoms with E-state index in [4.69, 9.17) is 4.74 Å². The van der Waals surface area contributed by atoms with Crippen molar-refractivity contribution in [1.29, 1.82) is 0 Å². The molecule has 4 heteroatoms. The largest absolute Gasteiger partial charge is 0.462 e. The molecule has 0 fully saturated rings. The normalized spacial score (nSPS) is 10.8. The van der Waals surface area contributed by atoms with Gasteiger partial charge in [-0.15, -0.1) is 0 Å². The maximum atomic E-state index is 12.6. The lowest BCUT2D eigenvalue weighted by atomic mass is 10.1. The third-order valence-corrected chi connectivity index (χ3v) is 4.42. The van der Waals surface area contributed by atoms with E-state index in [2.05, 4.69) is 6.92 Å². The Labute approximate surface area is 146 Å². The number of rotatable bonds is 11. The first-order chi connectivity index (χ1) is 11.5. The Balaban J connectivity index is 2.60. The highest BCUT2D eigenvalue weighted by Gasteiger charge is 2.18. The molecule has 24 heavy (non-hydrogen) atoms. The van der Waals surface area contributed by atoms with Crippen LogP contribution in [0.2, 0.25) is 0 Å². The third kappa shape index (κ3) is 6.14. The number of carbonyl (C=O) groups excluding carboxylic acids is 1. The van der Waals surface area contributed by atoms with Crippen molar-refractivity contribution in [2.24, 2.45) is 0 Å². The summed E-state index contributed by atoms with van der Waals surface area (Å²) in [5.74, 6) is -0.510. The monoisotopic (exact) mass is 335 g/mol. The van der Waals surface area contributed by atoms with Crippen molar-refractivity contribution >= 4 is 5.97 Å². The lowest BCUT2D eigenvalue weighted by molar-refractivity contribution is 0.0522. The van der Waals surface area contributed by atoms with Crippen LogP contribution >= 0.6 is 0 Å². The molecule has 0 atom stereocenters. The molecule has 0 radical (unpaired) electrons. The molecule has 1 rings (SSSR count). The Hall–Kier alpha value is -1.58. The van der Waals surface area contributed by atoms with Gasteiger partial charge in [0.15, 0.2) is 0 Å². The van der Waals surface area contributed by atoms with E-state index in [1.807, 2.05) is 13.0 Å². The van der Waals surface area contributed by atoms with Gasteiger partial charge in [-0.1, -0.05) is 51.9 Å². The molecule has 0 aromatic carbocycles. The number of pyridine rings is 1. The standard InChI is InChI=1S/C20H33NO3/c1-5-7-8-9-10-11-12-13-14-21-17(4)15-16(3)18(19(21)22)20(23)24-6-2/h15H,5-14H2,1-4H3. The second-order valence-electron chi connectivity index (χ2n) is 6.50. The molecule has 0 aliphatic heterocycles. The molecule has 4 nitrogen and oxygen atoms in total. The average molecular weight is 335 g/mol. The van der Waals surface area contributed by atoms with E-state index in [0.29, 0.717) is 12.1 Å². The van der Waals surface area contributed by atoms with Crippen molar-refractivity contribution in [3.05, 3.63) is 33.2 Å². The van der Waals surface area contributed by atoms with E-state index in [-0.39, 0.29) is 17.7 Å². The smallest absolute Gasteiger partial charge is 0.344 e. The zero-order valence-corrected chi connectivity index (χ0v) is 15.8. The second kappa shape index (κ2) is 11.1. The molecule has 0 saturated heterocycles. The van der Waals surface area contributed by atoms with Crippen LogP contribution in [-0.2, 0) is 11.3 Å². The number of hydrogen-bond donors (Lipinski definition) is 0. The fraction of sp³-hybridized carbons (Fsp3) is 0.700. The summed E-state index contributed by atoms with van der Waals surface area (Å²) >= 11 is 0. The van der Waals surface area contributed by atoms with Gasteiger partial charge < -0.3 is 9.30 Å². The van der Waals surface area contributed by atoms with Crippen LogP contribution in [0.1, 0.15) is 86.8 Å². The summed E-state index contributed by atoms with van der Waals surface area (Å²) in [5, 5.41) is 0. The van der Waals surface area contributed by atoms with Crippen LogP contribution in [0.3, 0.4) is 0 Å². The number of aromatic nitrogens is 1. The number of unbranched alkanes of at least 4 members (excludes halogenated alkanes) is 7. The number of aryl methyl sites for hydroxylation is 2. The Bertz CT molecular complexity index is 575. The number of nitrogens with zero attached hydrogens (tertiary/aromatic N) is 1. The maximum absolute atomic E-state index is 12.6. The van der Waals surface area contributed by atoms with E-state index < -0.39 is 5.97 Å². The lowest BCUT2D eigenvalue weighted by Gasteiger charge is -2.14. The van der Waals surface area contributed by atoms with Gasteiger partial charge in [-0.05, 0) is 38.8 Å². The maximum Gasteiger partial charge on any atom is 0.344 e. The van der Waals surface area contributed by atoms with Crippen molar-refractivity contribution in [1.82, 2.24) is 4.57 Å². The molecule has 0 bridgehead atoms. The number of ether oxygens (including phenoxy) is 1. The van der Waals surface area contributed by atoms with Crippen molar-refractivity contribution in [2.75, 3.05) is 6.61 Å². The molecule has 136 valence electrons. The molecule has 1 aromatic rings. The molecule has 0 unspecified atom stereocenters. The average Bonchev–Trinajstić information content (AvgIpc) is 2.52. The number of hydrogen-bond acceptors (Lipinski definition) is 3. The van der Waals surface area contributed by atoms with E-state index in [9.17, 15) is 9.59 Å². The first-order valence-corrected chi connectivity index (χ1v) is 9.41. The zero-order chi connectivity index (χ0) is 17.9. The highest BCUT2D eigenvalue weighted by molar-refractivity contribution is 5.90. The molecule has 0 N–H and O–H groups in total. The second-order valence-corrected chi connectivity index (χ2v) is 6.50.